The Bertz CT molecular complexity index is 489. The van der Waals surface area contributed by atoms with Crippen LogP contribution in [0.25, 0.3) is 0 Å². The van der Waals surface area contributed by atoms with E-state index in [2.05, 4.69) is 36.1 Å². The molecule has 0 saturated carbocycles. The standard InChI is InChI=1S/C16H26N4O/c1-12-10-20(11-15(12)19(2)3)8-7-16(21)18-14-6-4-5-13(17)9-14/h4-6,9,12,15H,7-8,10-11,17H2,1-3H3,(H,18,21). The van der Waals surface area contributed by atoms with E-state index in [9.17, 15) is 4.79 Å². The first-order chi connectivity index (χ1) is 9.95. The molecule has 0 aliphatic carbocycles. The smallest absolute Gasteiger partial charge is 0.225 e. The average molecular weight is 290 g/mol. The van der Waals surface area contributed by atoms with Gasteiger partial charge in [-0.25, -0.2) is 0 Å². The van der Waals surface area contributed by atoms with Crippen LogP contribution < -0.4 is 11.1 Å². The van der Waals surface area contributed by atoms with Crippen molar-refractivity contribution in [1.82, 2.24) is 9.80 Å². The van der Waals surface area contributed by atoms with Gasteiger partial charge in [0.2, 0.25) is 5.91 Å². The van der Waals surface area contributed by atoms with Crippen LogP contribution in [0.1, 0.15) is 13.3 Å². The number of rotatable bonds is 5. The van der Waals surface area contributed by atoms with Gasteiger partial charge in [-0.1, -0.05) is 13.0 Å². The van der Waals surface area contributed by atoms with Gasteiger partial charge in [0.05, 0.1) is 0 Å². The zero-order chi connectivity index (χ0) is 15.4. The SMILES string of the molecule is CC1CN(CCC(=O)Nc2cccc(N)c2)CC1N(C)C. The highest BCUT2D eigenvalue weighted by atomic mass is 16.1. The van der Waals surface area contributed by atoms with Crippen LogP contribution in [0.2, 0.25) is 0 Å². The minimum Gasteiger partial charge on any atom is -0.399 e. The van der Waals surface area contributed by atoms with Gasteiger partial charge >= 0.3 is 0 Å². The Morgan fingerprint density at radius 3 is 2.81 bits per heavy atom. The van der Waals surface area contributed by atoms with Crippen LogP contribution in [0, 0.1) is 5.92 Å². The molecule has 1 fully saturated rings. The molecular formula is C16H26N4O. The topological polar surface area (TPSA) is 61.6 Å². The minimum absolute atomic E-state index is 0.0431. The molecule has 3 N–H and O–H groups in total. The third-order valence-electron chi connectivity index (χ3n) is 4.14. The number of amides is 1. The molecule has 1 saturated heterocycles. The third kappa shape index (κ3) is 4.44. The van der Waals surface area contributed by atoms with Gasteiger partial charge in [0.15, 0.2) is 0 Å². The summed E-state index contributed by atoms with van der Waals surface area (Å²) < 4.78 is 0. The first kappa shape index (κ1) is 15.8. The second-order valence-electron chi connectivity index (χ2n) is 6.19. The Labute approximate surface area is 127 Å². The Hall–Kier alpha value is -1.59. The lowest BCUT2D eigenvalue weighted by Gasteiger charge is -2.22. The van der Waals surface area contributed by atoms with Crippen molar-refractivity contribution in [2.24, 2.45) is 5.92 Å². The van der Waals surface area contributed by atoms with Gasteiger partial charge in [0.1, 0.15) is 0 Å². The predicted octanol–water partition coefficient (Wildman–Crippen LogP) is 1.48. The van der Waals surface area contributed by atoms with Gasteiger partial charge in [-0.05, 0) is 38.2 Å². The van der Waals surface area contributed by atoms with Gasteiger partial charge in [0.25, 0.3) is 0 Å². The van der Waals surface area contributed by atoms with Crippen molar-refractivity contribution in [1.29, 1.82) is 0 Å². The van der Waals surface area contributed by atoms with E-state index in [0.29, 0.717) is 24.1 Å². The van der Waals surface area contributed by atoms with Crippen molar-refractivity contribution < 1.29 is 4.79 Å². The summed E-state index contributed by atoms with van der Waals surface area (Å²) in [5, 5.41) is 2.90. The lowest BCUT2D eigenvalue weighted by Crippen LogP contribution is -2.34. The first-order valence-electron chi connectivity index (χ1n) is 7.50. The highest BCUT2D eigenvalue weighted by molar-refractivity contribution is 5.91. The van der Waals surface area contributed by atoms with Crippen molar-refractivity contribution in [3.8, 4) is 0 Å². The zero-order valence-electron chi connectivity index (χ0n) is 13.2. The second-order valence-corrected chi connectivity index (χ2v) is 6.19. The molecule has 1 aliphatic rings. The number of hydrogen-bond acceptors (Lipinski definition) is 4. The van der Waals surface area contributed by atoms with Gasteiger partial charge < -0.3 is 20.9 Å². The van der Waals surface area contributed by atoms with Gasteiger partial charge in [-0.15, -0.1) is 0 Å². The molecule has 1 aliphatic heterocycles. The number of anilines is 2. The van der Waals surface area contributed by atoms with Crippen LogP contribution in [0.15, 0.2) is 24.3 Å². The summed E-state index contributed by atoms with van der Waals surface area (Å²) in [5.74, 6) is 0.693. The van der Waals surface area contributed by atoms with Crippen LogP contribution in [0.4, 0.5) is 11.4 Å². The number of nitrogen functional groups attached to an aromatic ring is 1. The lowest BCUT2D eigenvalue weighted by molar-refractivity contribution is -0.116. The maximum Gasteiger partial charge on any atom is 0.225 e. The Balaban J connectivity index is 1.77. The van der Waals surface area contributed by atoms with Crippen molar-refractivity contribution in [3.05, 3.63) is 24.3 Å². The average Bonchev–Trinajstić information content (AvgIpc) is 2.78. The third-order valence-corrected chi connectivity index (χ3v) is 4.14. The fraction of sp³-hybridized carbons (Fsp3) is 0.562. The fourth-order valence-electron chi connectivity index (χ4n) is 3.00. The number of carbonyl (C=O) groups excluding carboxylic acids is 1. The van der Waals surface area contributed by atoms with Crippen molar-refractivity contribution in [3.63, 3.8) is 0 Å². The van der Waals surface area contributed by atoms with E-state index in [1.807, 2.05) is 18.2 Å². The molecule has 2 rings (SSSR count). The molecule has 0 spiro atoms. The van der Waals surface area contributed by atoms with Crippen molar-refractivity contribution >= 4 is 17.3 Å². The number of nitrogens with one attached hydrogen (secondary N) is 1. The number of hydrogen-bond donors (Lipinski definition) is 2. The molecule has 1 amide bonds. The lowest BCUT2D eigenvalue weighted by atomic mass is 10.1. The monoisotopic (exact) mass is 290 g/mol. The number of nitrogens with two attached hydrogens (primary N) is 1. The molecule has 1 heterocycles. The zero-order valence-corrected chi connectivity index (χ0v) is 13.2. The summed E-state index contributed by atoms with van der Waals surface area (Å²) in [6.07, 6.45) is 0.516. The van der Waals surface area contributed by atoms with Crippen LogP contribution in [-0.4, -0.2) is 55.5 Å². The molecule has 1 aromatic rings. The van der Waals surface area contributed by atoms with Gasteiger partial charge in [-0.2, -0.15) is 0 Å². The molecule has 1 aromatic carbocycles. The molecule has 0 bridgehead atoms. The van der Waals surface area contributed by atoms with E-state index in [4.69, 9.17) is 5.73 Å². The van der Waals surface area contributed by atoms with E-state index >= 15 is 0 Å². The second kappa shape index (κ2) is 6.91. The summed E-state index contributed by atoms with van der Waals surface area (Å²) in [5.41, 5.74) is 7.13. The highest BCUT2D eigenvalue weighted by Gasteiger charge is 2.30. The van der Waals surface area contributed by atoms with Gasteiger partial charge in [-0.3, -0.25) is 4.79 Å². The molecule has 0 aromatic heterocycles. The number of benzene rings is 1. The highest BCUT2D eigenvalue weighted by Crippen LogP contribution is 2.20. The molecule has 21 heavy (non-hydrogen) atoms. The molecule has 116 valence electrons. The summed E-state index contributed by atoms with van der Waals surface area (Å²) in [4.78, 5) is 16.6. The molecule has 5 nitrogen and oxygen atoms in total. The van der Waals surface area contributed by atoms with Gasteiger partial charge in [0, 0.05) is 43.5 Å². The van der Waals surface area contributed by atoms with Crippen LogP contribution in [0.5, 0.6) is 0 Å². The normalized spacial score (nSPS) is 22.7. The predicted molar refractivity (Wildman–Crippen MR) is 87.2 cm³/mol. The summed E-state index contributed by atoms with van der Waals surface area (Å²) >= 11 is 0. The maximum atomic E-state index is 12.0. The van der Waals surface area contributed by atoms with Crippen LogP contribution in [-0.2, 0) is 4.79 Å². The molecule has 2 unspecified atom stereocenters. The van der Waals surface area contributed by atoms with Crippen molar-refractivity contribution in [2.75, 3.05) is 44.8 Å². The van der Waals surface area contributed by atoms with E-state index in [-0.39, 0.29) is 5.91 Å². The number of likely N-dealkylation sites (N-methyl/N-ethyl adjacent to an activating group) is 1. The number of nitrogens with zero attached hydrogens (tertiary/aromatic N) is 2. The minimum atomic E-state index is 0.0431. The maximum absolute atomic E-state index is 12.0. The van der Waals surface area contributed by atoms with E-state index in [1.165, 1.54) is 0 Å². The van der Waals surface area contributed by atoms with Crippen LogP contribution in [0.3, 0.4) is 0 Å². The molecule has 5 heteroatoms. The Kier molecular flexibility index (Phi) is 5.20. The molecule has 2 atom stereocenters. The summed E-state index contributed by atoms with van der Waals surface area (Å²) in [7, 11) is 4.24. The van der Waals surface area contributed by atoms with E-state index < -0.39 is 0 Å². The summed E-state index contributed by atoms with van der Waals surface area (Å²) in [6, 6.07) is 7.87. The first-order valence-corrected chi connectivity index (χ1v) is 7.50. The molecule has 0 radical (unpaired) electrons. The van der Waals surface area contributed by atoms with E-state index in [1.54, 1.807) is 6.07 Å². The largest absolute Gasteiger partial charge is 0.399 e. The summed E-state index contributed by atoms with van der Waals surface area (Å²) in [6.45, 7) is 5.19. The molecular weight excluding hydrogens is 264 g/mol. The van der Waals surface area contributed by atoms with E-state index in [0.717, 1.165) is 25.3 Å². The quantitative estimate of drug-likeness (QED) is 0.806. The Morgan fingerprint density at radius 1 is 1.43 bits per heavy atom. The fourth-order valence-corrected chi connectivity index (χ4v) is 3.00. The number of carbonyl (C=O) groups is 1. The Morgan fingerprint density at radius 2 is 2.19 bits per heavy atom. The van der Waals surface area contributed by atoms with Crippen molar-refractivity contribution in [2.45, 2.75) is 19.4 Å². The number of likely N-dealkylation sites (tertiary alicyclic amines) is 1. The van der Waals surface area contributed by atoms with Crippen LogP contribution >= 0.6 is 0 Å².